The lowest BCUT2D eigenvalue weighted by atomic mass is 9.84. The second kappa shape index (κ2) is 18.7. The van der Waals surface area contributed by atoms with Crippen molar-refractivity contribution in [2.24, 2.45) is 23.3 Å². The molecule has 4 rings (SSSR count). The first-order valence-corrected chi connectivity index (χ1v) is 18.7. The summed E-state index contributed by atoms with van der Waals surface area (Å²) in [6, 6.07) is 9.85. The molecule has 2 fully saturated rings. The summed E-state index contributed by atoms with van der Waals surface area (Å²) in [6.45, 7) is 7.62. The summed E-state index contributed by atoms with van der Waals surface area (Å²) in [6.07, 6.45) is 11.6. The minimum Gasteiger partial charge on any atom is -0.364 e. The Morgan fingerprint density at radius 3 is 1.69 bits per heavy atom. The number of amides is 2. The third-order valence-corrected chi connectivity index (χ3v) is 10.2. The second-order valence-electron chi connectivity index (χ2n) is 14.4. The molecule has 2 amide bonds. The minimum absolute atomic E-state index is 0.149. The zero-order chi connectivity index (χ0) is 34.8. The molecule has 0 aliphatic heterocycles. The molecule has 10 heteroatoms. The van der Waals surface area contributed by atoms with Crippen LogP contribution >= 0.6 is 23.2 Å². The summed E-state index contributed by atoms with van der Waals surface area (Å²) in [5.41, 5.74) is 15.6. The predicted molar refractivity (Wildman–Crippen MR) is 198 cm³/mol. The summed E-state index contributed by atoms with van der Waals surface area (Å²) in [5, 5.41) is 6.75. The van der Waals surface area contributed by atoms with Crippen LogP contribution in [0.5, 0.6) is 0 Å². The van der Waals surface area contributed by atoms with Crippen LogP contribution < -0.4 is 22.1 Å². The summed E-state index contributed by atoms with van der Waals surface area (Å²) in [7, 11) is 0. The van der Waals surface area contributed by atoms with Gasteiger partial charge >= 0.3 is 0 Å². The highest BCUT2D eigenvalue weighted by molar-refractivity contribution is 6.35. The number of nitrogens with one attached hydrogen (secondary N) is 2. The molecule has 0 spiro atoms. The number of benzene rings is 2. The fourth-order valence-corrected chi connectivity index (χ4v) is 7.65. The SMILES string of the molecule is CC(C)OC(C(=O)Nc1ccc(-c2ccc(Cl)c(NC(=O)C(OC(C)C)[C@H](N)CC3CCCCC3)c2)c(Cl)c1)[C@H](N)CC1CCCCC1. The average molecular weight is 704 g/mol. The Labute approximate surface area is 297 Å². The molecule has 2 unspecified atom stereocenters. The first-order chi connectivity index (χ1) is 22.9. The summed E-state index contributed by atoms with van der Waals surface area (Å²) in [4.78, 5) is 27.0. The van der Waals surface area contributed by atoms with Crippen molar-refractivity contribution in [1.29, 1.82) is 0 Å². The number of carbonyl (C=O) groups is 2. The number of ether oxygens (including phenoxy) is 2. The van der Waals surface area contributed by atoms with Crippen molar-refractivity contribution in [3.05, 3.63) is 46.4 Å². The van der Waals surface area contributed by atoms with Crippen LogP contribution in [0, 0.1) is 11.8 Å². The fraction of sp³-hybridized carbons (Fsp3) is 0.632. The van der Waals surface area contributed by atoms with Crippen molar-refractivity contribution in [1.82, 2.24) is 0 Å². The lowest BCUT2D eigenvalue weighted by Gasteiger charge is -2.30. The lowest BCUT2D eigenvalue weighted by molar-refractivity contribution is -0.132. The van der Waals surface area contributed by atoms with Crippen molar-refractivity contribution in [2.45, 2.75) is 141 Å². The van der Waals surface area contributed by atoms with E-state index in [1.165, 1.54) is 38.5 Å². The largest absolute Gasteiger partial charge is 0.364 e. The first-order valence-electron chi connectivity index (χ1n) is 17.9. The van der Waals surface area contributed by atoms with E-state index in [0.29, 0.717) is 33.3 Å². The molecule has 0 heterocycles. The molecule has 0 aromatic heterocycles. The summed E-state index contributed by atoms with van der Waals surface area (Å²) in [5.74, 6) is 0.422. The van der Waals surface area contributed by atoms with Gasteiger partial charge in [-0.1, -0.05) is 99.5 Å². The predicted octanol–water partition coefficient (Wildman–Crippen LogP) is 8.72. The molecule has 0 saturated heterocycles. The van der Waals surface area contributed by atoms with Gasteiger partial charge < -0.3 is 31.6 Å². The van der Waals surface area contributed by atoms with Gasteiger partial charge in [0.25, 0.3) is 11.8 Å². The Bertz CT molecular complexity index is 1340. The van der Waals surface area contributed by atoms with Crippen LogP contribution in [-0.2, 0) is 19.1 Å². The van der Waals surface area contributed by atoms with Gasteiger partial charge in [-0.15, -0.1) is 0 Å². The molecule has 2 aromatic rings. The van der Waals surface area contributed by atoms with Crippen LogP contribution in [0.1, 0.15) is 105 Å². The van der Waals surface area contributed by atoms with Crippen molar-refractivity contribution in [3.63, 3.8) is 0 Å². The Balaban J connectivity index is 1.45. The van der Waals surface area contributed by atoms with Crippen LogP contribution in [0.2, 0.25) is 10.0 Å². The Hall–Kier alpha value is -2.20. The standard InChI is InChI=1S/C38H56Cl2N4O4/c1-23(2)47-35(32(41)19-25-11-7-5-8-12-25)37(45)43-28-16-17-29(31(40)22-28)27-15-18-30(39)34(21-27)44-38(46)36(48-24(3)4)33(42)20-26-13-9-6-10-14-26/h15-18,21-26,32-33,35-36H,5-14,19-20,41-42H2,1-4H3,(H,43,45)(H,44,46)/t32-,33-,35?,36?/m1/s1. The first kappa shape index (κ1) is 38.6. The van der Waals surface area contributed by atoms with E-state index in [-0.39, 0.29) is 24.0 Å². The maximum Gasteiger partial charge on any atom is 0.255 e. The van der Waals surface area contributed by atoms with Crippen LogP contribution in [-0.4, -0.2) is 48.3 Å². The molecule has 2 aliphatic carbocycles. The Morgan fingerprint density at radius 1 is 0.708 bits per heavy atom. The lowest BCUT2D eigenvalue weighted by Crippen LogP contribution is -2.47. The number of halogens is 2. The zero-order valence-corrected chi connectivity index (χ0v) is 30.6. The van der Waals surface area contributed by atoms with E-state index in [9.17, 15) is 9.59 Å². The molecule has 2 saturated carbocycles. The van der Waals surface area contributed by atoms with Crippen LogP contribution in [0.25, 0.3) is 11.1 Å². The Morgan fingerprint density at radius 2 is 1.21 bits per heavy atom. The van der Waals surface area contributed by atoms with Gasteiger partial charge in [0.1, 0.15) is 0 Å². The van der Waals surface area contributed by atoms with E-state index < -0.39 is 24.3 Å². The summed E-state index contributed by atoms with van der Waals surface area (Å²) >= 11 is 13.3. The van der Waals surface area contributed by atoms with Gasteiger partial charge in [0, 0.05) is 23.3 Å². The van der Waals surface area contributed by atoms with Crippen molar-refractivity contribution in [3.8, 4) is 11.1 Å². The molecule has 0 bridgehead atoms. The third kappa shape index (κ3) is 11.4. The topological polar surface area (TPSA) is 129 Å². The van der Waals surface area contributed by atoms with E-state index >= 15 is 0 Å². The molecule has 266 valence electrons. The van der Waals surface area contributed by atoms with Crippen LogP contribution in [0.3, 0.4) is 0 Å². The highest BCUT2D eigenvalue weighted by Gasteiger charge is 2.32. The van der Waals surface area contributed by atoms with Gasteiger partial charge in [0.15, 0.2) is 12.2 Å². The minimum atomic E-state index is -0.808. The third-order valence-electron chi connectivity index (χ3n) is 9.56. The van der Waals surface area contributed by atoms with E-state index in [1.807, 2.05) is 39.8 Å². The molecule has 48 heavy (non-hydrogen) atoms. The van der Waals surface area contributed by atoms with Gasteiger partial charge in [-0.3, -0.25) is 9.59 Å². The maximum absolute atomic E-state index is 13.6. The highest BCUT2D eigenvalue weighted by atomic mass is 35.5. The van der Waals surface area contributed by atoms with Crippen molar-refractivity contribution in [2.75, 3.05) is 10.6 Å². The smallest absolute Gasteiger partial charge is 0.255 e. The van der Waals surface area contributed by atoms with Gasteiger partial charge in [0.05, 0.1) is 27.9 Å². The average Bonchev–Trinajstić information content (AvgIpc) is 3.04. The monoisotopic (exact) mass is 702 g/mol. The zero-order valence-electron chi connectivity index (χ0n) is 29.1. The quantitative estimate of drug-likeness (QED) is 0.147. The van der Waals surface area contributed by atoms with Crippen molar-refractivity contribution >= 4 is 46.4 Å². The molecule has 4 atom stereocenters. The second-order valence-corrected chi connectivity index (χ2v) is 15.2. The maximum atomic E-state index is 13.6. The number of carbonyl (C=O) groups excluding carboxylic acids is 2. The normalized spacial score (nSPS) is 18.8. The highest BCUT2D eigenvalue weighted by Crippen LogP contribution is 2.35. The molecule has 2 aromatic carbocycles. The van der Waals surface area contributed by atoms with Gasteiger partial charge in [-0.05, 0) is 82.2 Å². The van der Waals surface area contributed by atoms with Crippen molar-refractivity contribution < 1.29 is 19.1 Å². The van der Waals surface area contributed by atoms with E-state index in [1.54, 1.807) is 24.3 Å². The molecular formula is C38H56Cl2N4O4. The van der Waals surface area contributed by atoms with Gasteiger partial charge in [0.2, 0.25) is 0 Å². The van der Waals surface area contributed by atoms with E-state index in [2.05, 4.69) is 10.6 Å². The van der Waals surface area contributed by atoms with Crippen LogP contribution in [0.15, 0.2) is 36.4 Å². The van der Waals surface area contributed by atoms with E-state index in [0.717, 1.165) is 49.7 Å². The number of anilines is 2. The number of rotatable bonds is 15. The molecule has 2 aliphatic rings. The number of hydrogen-bond donors (Lipinski definition) is 4. The Kier molecular flexibility index (Phi) is 15.0. The molecule has 6 N–H and O–H groups in total. The summed E-state index contributed by atoms with van der Waals surface area (Å²) < 4.78 is 12.1. The molecule has 0 radical (unpaired) electrons. The van der Waals surface area contributed by atoms with Gasteiger partial charge in [-0.25, -0.2) is 0 Å². The number of hydrogen-bond acceptors (Lipinski definition) is 6. The fourth-order valence-electron chi connectivity index (χ4n) is 7.20. The van der Waals surface area contributed by atoms with Crippen LogP contribution in [0.4, 0.5) is 11.4 Å². The molecular weight excluding hydrogens is 647 g/mol. The van der Waals surface area contributed by atoms with E-state index in [4.69, 9.17) is 44.1 Å². The number of nitrogens with two attached hydrogens (primary N) is 2. The van der Waals surface area contributed by atoms with Gasteiger partial charge in [-0.2, -0.15) is 0 Å². The molecule has 8 nitrogen and oxygen atoms in total.